The first-order valence-corrected chi connectivity index (χ1v) is 21.3. The zero-order valence-electron chi connectivity index (χ0n) is 34.7. The number of aliphatic carboxylic acids is 1. The minimum Gasteiger partial charge on any atom is -0.481 e. The monoisotopic (exact) mass is 844 g/mol. The third-order valence-electron chi connectivity index (χ3n) is 17.6. The standard InChI is InChI=1S/C42H68O17/c1-37(2)10-12-41(36(54)55)13-11-39(4)19(25(41)32(37)53)6-7-23-38(3)14-20(47)33(42(17-45,18-46)24(38)8-9-40(23,39)5)59-35-31(29(51)27(49)22(16-44)57-35)58-34-30(52)28(50)26(48)21(15-43)56-34/h6,20-35,43-53H,7-18H2,1-5H3,(H,54,55). The van der Waals surface area contributed by atoms with Crippen LogP contribution in [0.5, 0.6) is 0 Å². The van der Waals surface area contributed by atoms with Crippen molar-refractivity contribution in [2.75, 3.05) is 26.4 Å². The van der Waals surface area contributed by atoms with Crippen LogP contribution in [-0.4, -0.2) is 173 Å². The molecule has 2 saturated heterocycles. The van der Waals surface area contributed by atoms with Gasteiger partial charge in [-0.2, -0.15) is 0 Å². The van der Waals surface area contributed by atoms with E-state index in [-0.39, 0.29) is 12.3 Å². The lowest BCUT2D eigenvalue weighted by Gasteiger charge is -2.72. The number of aliphatic hydroxyl groups excluding tert-OH is 11. The molecule has 0 amide bonds. The number of allylic oxidation sites excluding steroid dienone is 1. The molecule has 17 nitrogen and oxygen atoms in total. The molecule has 17 heteroatoms. The minimum atomic E-state index is -1.90. The quantitative estimate of drug-likeness (QED) is 0.0956. The number of fused-ring (bicyclic) bond motifs is 7. The van der Waals surface area contributed by atoms with E-state index in [0.29, 0.717) is 44.9 Å². The lowest BCUT2D eigenvalue weighted by Crippen LogP contribution is -2.71. The van der Waals surface area contributed by atoms with Gasteiger partial charge in [-0.15, -0.1) is 0 Å². The number of carboxylic acid groups (broad SMARTS) is 1. The molecule has 0 radical (unpaired) electrons. The molecule has 4 saturated carbocycles. The van der Waals surface area contributed by atoms with Crippen molar-refractivity contribution in [3.63, 3.8) is 0 Å². The normalized spacial score (nSPS) is 52.9. The van der Waals surface area contributed by atoms with Crippen LogP contribution in [0.1, 0.15) is 86.0 Å². The summed E-state index contributed by atoms with van der Waals surface area (Å²) in [5.41, 5.74) is -3.78. The summed E-state index contributed by atoms with van der Waals surface area (Å²) in [7, 11) is 0. The van der Waals surface area contributed by atoms with Crippen LogP contribution in [0.25, 0.3) is 0 Å². The van der Waals surface area contributed by atoms with Crippen LogP contribution in [0.4, 0.5) is 0 Å². The van der Waals surface area contributed by atoms with Gasteiger partial charge in [0.25, 0.3) is 0 Å². The van der Waals surface area contributed by atoms with Crippen molar-refractivity contribution in [3.8, 4) is 0 Å². The predicted octanol–water partition coefficient (Wildman–Crippen LogP) is -1.23. The summed E-state index contributed by atoms with van der Waals surface area (Å²) >= 11 is 0. The van der Waals surface area contributed by atoms with Crippen LogP contribution in [0.3, 0.4) is 0 Å². The Morgan fingerprint density at radius 2 is 1.32 bits per heavy atom. The van der Waals surface area contributed by atoms with Crippen molar-refractivity contribution in [1.82, 2.24) is 0 Å². The Hall–Kier alpha value is -1.39. The summed E-state index contributed by atoms with van der Waals surface area (Å²) in [6.45, 7) is 7.65. The van der Waals surface area contributed by atoms with E-state index in [0.717, 1.165) is 5.57 Å². The second-order valence-electron chi connectivity index (χ2n) is 20.5. The molecule has 0 aromatic carbocycles. The molecule has 0 aromatic heterocycles. The number of carbonyl (C=O) groups is 1. The summed E-state index contributed by atoms with van der Waals surface area (Å²) in [5.74, 6) is -2.03. The summed E-state index contributed by atoms with van der Waals surface area (Å²) in [6.07, 6.45) is -14.8. The molecule has 2 heterocycles. The number of carboxylic acids is 1. The van der Waals surface area contributed by atoms with E-state index in [1.807, 2.05) is 13.8 Å². The summed E-state index contributed by atoms with van der Waals surface area (Å²) in [5, 5.41) is 131. The van der Waals surface area contributed by atoms with Gasteiger partial charge in [-0.25, -0.2) is 0 Å². The Kier molecular flexibility index (Phi) is 12.1. The molecule has 7 rings (SSSR count). The zero-order valence-corrected chi connectivity index (χ0v) is 34.7. The molecule has 6 fully saturated rings. The fourth-order valence-corrected chi connectivity index (χ4v) is 13.8. The SMILES string of the molecule is CC1(C)CCC2(C(=O)O)CCC3(C)C(=CCC4C5(C)CC(O)C(OC6OC(CO)C(O)C(O)C6OC6OC(CO)C(O)C(O)C6O)C(CO)(CO)C5CCC43C)C2C1O. The van der Waals surface area contributed by atoms with Crippen LogP contribution >= 0.6 is 0 Å². The highest BCUT2D eigenvalue weighted by molar-refractivity contribution is 5.77. The van der Waals surface area contributed by atoms with Gasteiger partial charge in [0.1, 0.15) is 48.8 Å². The smallest absolute Gasteiger partial charge is 0.310 e. The molecular formula is C42H68O17. The van der Waals surface area contributed by atoms with Crippen molar-refractivity contribution >= 4 is 5.97 Å². The highest BCUT2D eigenvalue weighted by atomic mass is 16.8. The molecule has 12 N–H and O–H groups in total. The van der Waals surface area contributed by atoms with Crippen molar-refractivity contribution in [2.24, 2.45) is 50.2 Å². The molecule has 59 heavy (non-hydrogen) atoms. The lowest BCUT2D eigenvalue weighted by atomic mass is 9.33. The maximum absolute atomic E-state index is 13.1. The van der Waals surface area contributed by atoms with Crippen LogP contribution in [0.2, 0.25) is 0 Å². The van der Waals surface area contributed by atoms with Gasteiger partial charge in [0.05, 0.1) is 50.2 Å². The van der Waals surface area contributed by atoms with Crippen LogP contribution in [-0.2, 0) is 23.7 Å². The third kappa shape index (κ3) is 6.46. The van der Waals surface area contributed by atoms with E-state index in [1.165, 1.54) is 0 Å². The second kappa shape index (κ2) is 15.7. The van der Waals surface area contributed by atoms with E-state index in [4.69, 9.17) is 18.9 Å². The van der Waals surface area contributed by atoms with E-state index in [9.17, 15) is 66.1 Å². The second-order valence-corrected chi connectivity index (χ2v) is 20.5. The van der Waals surface area contributed by atoms with Gasteiger partial charge in [-0.1, -0.05) is 46.3 Å². The van der Waals surface area contributed by atoms with Crippen molar-refractivity contribution in [1.29, 1.82) is 0 Å². The Balaban J connectivity index is 1.22. The van der Waals surface area contributed by atoms with Gasteiger partial charge < -0.3 is 80.2 Å². The topological polar surface area (TPSA) is 297 Å². The molecule has 0 aromatic rings. The molecule has 5 aliphatic carbocycles. The average Bonchev–Trinajstić information content (AvgIpc) is 3.19. The largest absolute Gasteiger partial charge is 0.481 e. The molecule has 20 atom stereocenters. The molecule has 0 bridgehead atoms. The van der Waals surface area contributed by atoms with E-state index < -0.39 is 156 Å². The average molecular weight is 845 g/mol. The maximum atomic E-state index is 13.1. The first kappa shape index (κ1) is 45.6. The van der Waals surface area contributed by atoms with Crippen molar-refractivity contribution < 1.29 is 85.0 Å². The van der Waals surface area contributed by atoms with Crippen LogP contribution in [0.15, 0.2) is 11.6 Å². The number of hydrogen-bond acceptors (Lipinski definition) is 16. The molecule has 0 spiro atoms. The van der Waals surface area contributed by atoms with Gasteiger partial charge in [0.2, 0.25) is 0 Å². The molecule has 2 aliphatic heterocycles. The van der Waals surface area contributed by atoms with Gasteiger partial charge in [0.15, 0.2) is 12.6 Å². The predicted molar refractivity (Wildman–Crippen MR) is 204 cm³/mol. The Morgan fingerprint density at radius 1 is 0.729 bits per heavy atom. The maximum Gasteiger partial charge on any atom is 0.310 e. The van der Waals surface area contributed by atoms with E-state index in [1.54, 1.807) is 0 Å². The first-order chi connectivity index (χ1) is 27.6. The Morgan fingerprint density at radius 3 is 1.92 bits per heavy atom. The molecule has 20 unspecified atom stereocenters. The number of hydrogen-bond donors (Lipinski definition) is 12. The lowest BCUT2D eigenvalue weighted by molar-refractivity contribution is -0.386. The van der Waals surface area contributed by atoms with Gasteiger partial charge in [0, 0.05) is 11.3 Å². The van der Waals surface area contributed by atoms with Crippen molar-refractivity contribution in [3.05, 3.63) is 11.6 Å². The number of aliphatic hydroxyl groups is 11. The van der Waals surface area contributed by atoms with Gasteiger partial charge in [-0.05, 0) is 84.9 Å². The summed E-state index contributed by atoms with van der Waals surface area (Å²) < 4.78 is 23.8. The first-order valence-electron chi connectivity index (χ1n) is 21.3. The van der Waals surface area contributed by atoms with Crippen molar-refractivity contribution in [2.45, 2.75) is 166 Å². The summed E-state index contributed by atoms with van der Waals surface area (Å²) in [4.78, 5) is 13.1. The van der Waals surface area contributed by atoms with Gasteiger partial charge >= 0.3 is 5.97 Å². The minimum absolute atomic E-state index is 0.120. The van der Waals surface area contributed by atoms with Crippen LogP contribution < -0.4 is 0 Å². The van der Waals surface area contributed by atoms with Gasteiger partial charge in [-0.3, -0.25) is 4.79 Å². The van der Waals surface area contributed by atoms with E-state index in [2.05, 4.69) is 26.8 Å². The number of rotatable bonds is 9. The Labute approximate surface area is 344 Å². The molecular weight excluding hydrogens is 776 g/mol. The van der Waals surface area contributed by atoms with Crippen LogP contribution in [0, 0.1) is 50.2 Å². The highest BCUT2D eigenvalue weighted by Gasteiger charge is 2.73. The molecule has 7 aliphatic rings. The summed E-state index contributed by atoms with van der Waals surface area (Å²) in [6, 6.07) is 0. The third-order valence-corrected chi connectivity index (χ3v) is 17.6. The number of ether oxygens (including phenoxy) is 4. The van der Waals surface area contributed by atoms with E-state index >= 15 is 0 Å². The highest BCUT2D eigenvalue weighted by Crippen LogP contribution is 2.76. The zero-order chi connectivity index (χ0) is 43.4. The fraction of sp³-hybridized carbons (Fsp3) is 0.929. The Bertz CT molecular complexity index is 1590. The fourth-order valence-electron chi connectivity index (χ4n) is 13.8. The molecule has 338 valence electrons.